The number of rotatable bonds is 6. The van der Waals surface area contributed by atoms with Crippen molar-refractivity contribution in [3.63, 3.8) is 0 Å². The topological polar surface area (TPSA) is 77.2 Å². The van der Waals surface area contributed by atoms with Crippen LogP contribution in [0.4, 0.5) is 0 Å². The number of nitrogens with one attached hydrogen (secondary N) is 1. The van der Waals surface area contributed by atoms with E-state index in [-0.39, 0.29) is 12.5 Å². The number of aryl methyl sites for hydroxylation is 1. The maximum absolute atomic E-state index is 12.5. The van der Waals surface area contributed by atoms with Crippen molar-refractivity contribution >= 4 is 17.5 Å². The van der Waals surface area contributed by atoms with Gasteiger partial charge in [-0.25, -0.2) is 0 Å². The fourth-order valence-electron chi connectivity index (χ4n) is 2.44. The molecule has 0 bridgehead atoms. The van der Waals surface area contributed by atoms with Gasteiger partial charge in [-0.05, 0) is 51.1 Å². The van der Waals surface area contributed by atoms with E-state index in [0.29, 0.717) is 22.5 Å². The second-order valence-electron chi connectivity index (χ2n) is 6.63. The molecule has 0 saturated heterocycles. The lowest BCUT2D eigenvalue weighted by Crippen LogP contribution is -2.46. The molecule has 1 heterocycles. The Kier molecular flexibility index (Phi) is 5.46. The molecule has 0 fully saturated rings. The zero-order chi connectivity index (χ0) is 19.4. The number of carbonyl (C=O) groups excluding carboxylic acids is 1. The van der Waals surface area contributed by atoms with Crippen LogP contribution in [0.25, 0.3) is 11.4 Å². The maximum atomic E-state index is 12.5. The summed E-state index contributed by atoms with van der Waals surface area (Å²) in [5.41, 5.74) is 0.892. The molecule has 3 aromatic rings. The minimum Gasteiger partial charge on any atom is -0.478 e. The Hall–Kier alpha value is -2.86. The number of aromatic nitrogens is 2. The molecule has 1 amide bonds. The molecule has 3 rings (SSSR count). The van der Waals surface area contributed by atoms with Crippen molar-refractivity contribution in [3.05, 3.63) is 65.0 Å². The lowest BCUT2D eigenvalue weighted by atomic mass is 10.1. The SMILES string of the molecule is Cc1cccc(-c2noc(CNC(=O)C(C)(C)Oc3ccc(Cl)cc3)n2)c1. The van der Waals surface area contributed by atoms with Crippen molar-refractivity contribution in [2.24, 2.45) is 0 Å². The Bertz CT molecular complexity index is 936. The van der Waals surface area contributed by atoms with Gasteiger partial charge >= 0.3 is 0 Å². The summed E-state index contributed by atoms with van der Waals surface area (Å²) in [6.07, 6.45) is 0. The molecular formula is C20H20ClN3O3. The lowest BCUT2D eigenvalue weighted by Gasteiger charge is -2.25. The summed E-state index contributed by atoms with van der Waals surface area (Å²) in [4.78, 5) is 16.8. The first-order valence-electron chi connectivity index (χ1n) is 8.46. The Balaban J connectivity index is 1.60. The van der Waals surface area contributed by atoms with Crippen LogP contribution < -0.4 is 10.1 Å². The summed E-state index contributed by atoms with van der Waals surface area (Å²) in [6.45, 7) is 5.48. The summed E-state index contributed by atoms with van der Waals surface area (Å²) in [7, 11) is 0. The van der Waals surface area contributed by atoms with Crippen LogP contribution in [0.15, 0.2) is 53.1 Å². The van der Waals surface area contributed by atoms with Crippen LogP contribution in [-0.4, -0.2) is 21.6 Å². The lowest BCUT2D eigenvalue weighted by molar-refractivity contribution is -0.134. The number of nitrogens with zero attached hydrogens (tertiary/aromatic N) is 2. The Morgan fingerprint density at radius 3 is 2.67 bits per heavy atom. The molecule has 0 aliphatic rings. The first-order valence-corrected chi connectivity index (χ1v) is 8.84. The Morgan fingerprint density at radius 2 is 1.96 bits per heavy atom. The summed E-state index contributed by atoms with van der Waals surface area (Å²) in [5, 5.41) is 7.33. The number of ether oxygens (including phenoxy) is 1. The summed E-state index contributed by atoms with van der Waals surface area (Å²) >= 11 is 5.86. The van der Waals surface area contributed by atoms with Crippen LogP contribution in [0.2, 0.25) is 5.02 Å². The highest BCUT2D eigenvalue weighted by atomic mass is 35.5. The molecule has 0 spiro atoms. The van der Waals surface area contributed by atoms with Gasteiger partial charge in [0.05, 0.1) is 6.54 Å². The molecule has 0 radical (unpaired) electrons. The average Bonchev–Trinajstić information content (AvgIpc) is 3.10. The van der Waals surface area contributed by atoms with Crippen molar-refractivity contribution in [1.29, 1.82) is 0 Å². The predicted octanol–water partition coefficient (Wildman–Crippen LogP) is 4.17. The normalized spacial score (nSPS) is 11.3. The Morgan fingerprint density at radius 1 is 1.22 bits per heavy atom. The van der Waals surface area contributed by atoms with Gasteiger partial charge in [0.15, 0.2) is 5.60 Å². The van der Waals surface area contributed by atoms with Crippen LogP contribution in [0, 0.1) is 6.92 Å². The minimum absolute atomic E-state index is 0.116. The number of amides is 1. The highest BCUT2D eigenvalue weighted by Gasteiger charge is 2.30. The van der Waals surface area contributed by atoms with E-state index < -0.39 is 5.60 Å². The molecule has 1 N–H and O–H groups in total. The second-order valence-corrected chi connectivity index (χ2v) is 7.07. The average molecular weight is 386 g/mol. The van der Waals surface area contributed by atoms with Crippen LogP contribution in [0.1, 0.15) is 25.3 Å². The van der Waals surface area contributed by atoms with E-state index >= 15 is 0 Å². The van der Waals surface area contributed by atoms with E-state index in [0.717, 1.165) is 11.1 Å². The molecule has 0 aliphatic heterocycles. The van der Waals surface area contributed by atoms with E-state index in [1.807, 2.05) is 31.2 Å². The van der Waals surface area contributed by atoms with Gasteiger partial charge in [-0.15, -0.1) is 0 Å². The Labute approximate surface area is 162 Å². The van der Waals surface area contributed by atoms with Gasteiger partial charge < -0.3 is 14.6 Å². The number of hydrogen-bond donors (Lipinski definition) is 1. The molecule has 0 atom stereocenters. The third-order valence-corrected chi connectivity index (χ3v) is 4.13. The van der Waals surface area contributed by atoms with Gasteiger partial charge in [-0.1, -0.05) is 40.5 Å². The minimum atomic E-state index is -1.08. The largest absolute Gasteiger partial charge is 0.478 e. The predicted molar refractivity (Wildman–Crippen MR) is 102 cm³/mol. The molecule has 0 unspecified atom stereocenters. The second kappa shape index (κ2) is 7.80. The van der Waals surface area contributed by atoms with Gasteiger partial charge in [0, 0.05) is 10.6 Å². The van der Waals surface area contributed by atoms with Crippen molar-refractivity contribution in [1.82, 2.24) is 15.5 Å². The van der Waals surface area contributed by atoms with Crippen LogP contribution in [-0.2, 0) is 11.3 Å². The monoisotopic (exact) mass is 385 g/mol. The molecular weight excluding hydrogens is 366 g/mol. The summed E-state index contributed by atoms with van der Waals surface area (Å²) < 4.78 is 11.0. The molecule has 140 valence electrons. The molecule has 1 aromatic heterocycles. The maximum Gasteiger partial charge on any atom is 0.264 e. The number of hydrogen-bond acceptors (Lipinski definition) is 5. The van der Waals surface area contributed by atoms with Gasteiger partial charge in [0.2, 0.25) is 11.7 Å². The van der Waals surface area contributed by atoms with E-state index in [9.17, 15) is 4.79 Å². The summed E-state index contributed by atoms with van der Waals surface area (Å²) in [6, 6.07) is 14.6. The van der Waals surface area contributed by atoms with Crippen LogP contribution in [0.5, 0.6) is 5.75 Å². The molecule has 27 heavy (non-hydrogen) atoms. The summed E-state index contributed by atoms with van der Waals surface area (Å²) in [5.74, 6) is 1.06. The zero-order valence-corrected chi connectivity index (χ0v) is 16.1. The van der Waals surface area contributed by atoms with Crippen LogP contribution >= 0.6 is 11.6 Å². The van der Waals surface area contributed by atoms with Crippen molar-refractivity contribution < 1.29 is 14.1 Å². The third-order valence-electron chi connectivity index (χ3n) is 3.88. The van der Waals surface area contributed by atoms with E-state index in [4.69, 9.17) is 20.9 Å². The fraction of sp³-hybridized carbons (Fsp3) is 0.250. The zero-order valence-electron chi connectivity index (χ0n) is 15.3. The highest BCUT2D eigenvalue weighted by Crippen LogP contribution is 2.21. The van der Waals surface area contributed by atoms with Crippen molar-refractivity contribution in [2.45, 2.75) is 32.9 Å². The molecule has 2 aromatic carbocycles. The van der Waals surface area contributed by atoms with Gasteiger partial charge in [-0.3, -0.25) is 4.79 Å². The highest BCUT2D eigenvalue weighted by molar-refractivity contribution is 6.30. The fourth-order valence-corrected chi connectivity index (χ4v) is 2.57. The first-order chi connectivity index (χ1) is 12.8. The smallest absolute Gasteiger partial charge is 0.264 e. The number of halogens is 1. The quantitative estimate of drug-likeness (QED) is 0.689. The van der Waals surface area contributed by atoms with E-state index in [1.54, 1.807) is 38.1 Å². The number of benzene rings is 2. The standard InChI is InChI=1S/C20H20ClN3O3/c1-13-5-4-6-14(11-13)18-23-17(27-24-18)12-22-19(25)20(2,3)26-16-9-7-15(21)8-10-16/h4-11H,12H2,1-3H3,(H,22,25). The molecule has 0 saturated carbocycles. The van der Waals surface area contributed by atoms with Crippen molar-refractivity contribution in [2.75, 3.05) is 0 Å². The van der Waals surface area contributed by atoms with Gasteiger partial charge in [-0.2, -0.15) is 4.98 Å². The van der Waals surface area contributed by atoms with Gasteiger partial charge in [0.1, 0.15) is 5.75 Å². The molecule has 6 nitrogen and oxygen atoms in total. The van der Waals surface area contributed by atoms with E-state index in [2.05, 4.69) is 15.5 Å². The van der Waals surface area contributed by atoms with Crippen LogP contribution in [0.3, 0.4) is 0 Å². The third kappa shape index (κ3) is 4.86. The van der Waals surface area contributed by atoms with Crippen molar-refractivity contribution in [3.8, 4) is 17.1 Å². The van der Waals surface area contributed by atoms with Gasteiger partial charge in [0.25, 0.3) is 5.91 Å². The molecule has 7 heteroatoms. The number of carbonyl (C=O) groups is 1. The first kappa shape index (κ1) is 18.9. The molecule has 0 aliphatic carbocycles. The van der Waals surface area contributed by atoms with E-state index in [1.165, 1.54) is 0 Å².